The maximum absolute atomic E-state index is 12.5. The molecule has 0 fully saturated rings. The number of hydrogen-bond donors (Lipinski definition) is 1. The number of carbonyl (C=O) groups excluding carboxylic acids is 1. The van der Waals surface area contributed by atoms with E-state index in [0.29, 0.717) is 15.9 Å². The van der Waals surface area contributed by atoms with Gasteiger partial charge in [0.1, 0.15) is 5.75 Å². The molecule has 6 heteroatoms. The molecule has 0 saturated heterocycles. The Hall–Kier alpha value is -2.70. The summed E-state index contributed by atoms with van der Waals surface area (Å²) in [5.41, 5.74) is 2.54. The lowest BCUT2D eigenvalue weighted by atomic mass is 9.91. The summed E-state index contributed by atoms with van der Waals surface area (Å²) < 4.78 is 6.83. The zero-order valence-electron chi connectivity index (χ0n) is 15.0. The molecule has 0 spiro atoms. The van der Waals surface area contributed by atoms with Crippen LogP contribution in [0.15, 0.2) is 92.4 Å². The molecular formula is C23H15Br2NO3. The van der Waals surface area contributed by atoms with Gasteiger partial charge in [0.15, 0.2) is 5.70 Å². The summed E-state index contributed by atoms with van der Waals surface area (Å²) in [6, 6.07) is 23.0. The maximum Gasteiger partial charge on any atom is 0.363 e. The van der Waals surface area contributed by atoms with Crippen LogP contribution >= 0.6 is 31.9 Å². The third-order valence-corrected chi connectivity index (χ3v) is 5.56. The van der Waals surface area contributed by atoms with Crippen molar-refractivity contribution in [1.82, 2.24) is 0 Å². The van der Waals surface area contributed by atoms with Gasteiger partial charge in [-0.2, -0.15) is 0 Å². The zero-order valence-corrected chi connectivity index (χ0v) is 18.2. The molecule has 1 aliphatic heterocycles. The van der Waals surface area contributed by atoms with Crippen molar-refractivity contribution < 1.29 is 14.6 Å². The number of phenols is 1. The third kappa shape index (κ3) is 4.18. The third-order valence-electron chi connectivity index (χ3n) is 4.50. The Morgan fingerprint density at radius 2 is 1.52 bits per heavy atom. The topological polar surface area (TPSA) is 58.9 Å². The number of benzene rings is 3. The van der Waals surface area contributed by atoms with Crippen LogP contribution in [0.1, 0.15) is 22.6 Å². The number of rotatable bonds is 4. The molecule has 4 rings (SSSR count). The predicted molar refractivity (Wildman–Crippen MR) is 120 cm³/mol. The van der Waals surface area contributed by atoms with Crippen molar-refractivity contribution in [2.45, 2.75) is 5.92 Å². The van der Waals surface area contributed by atoms with Crippen LogP contribution in [0, 0.1) is 0 Å². The van der Waals surface area contributed by atoms with E-state index in [-0.39, 0.29) is 17.4 Å². The van der Waals surface area contributed by atoms with Gasteiger partial charge in [0, 0.05) is 10.0 Å². The summed E-state index contributed by atoms with van der Waals surface area (Å²) in [5.74, 6) is -0.519. The minimum absolute atomic E-state index is 0.0276. The molecule has 4 nitrogen and oxygen atoms in total. The number of esters is 1. The van der Waals surface area contributed by atoms with Crippen molar-refractivity contribution in [3.8, 4) is 5.75 Å². The monoisotopic (exact) mass is 511 g/mol. The fraction of sp³-hybridized carbons (Fsp3) is 0.0435. The molecule has 0 radical (unpaired) electrons. The van der Waals surface area contributed by atoms with Gasteiger partial charge in [-0.05, 0) is 45.3 Å². The van der Waals surface area contributed by atoms with Gasteiger partial charge in [-0.15, -0.1) is 0 Å². The molecule has 1 heterocycles. The summed E-state index contributed by atoms with van der Waals surface area (Å²) >= 11 is 6.68. The molecule has 29 heavy (non-hydrogen) atoms. The summed E-state index contributed by atoms with van der Waals surface area (Å²) in [6.45, 7) is 0. The van der Waals surface area contributed by atoms with Crippen molar-refractivity contribution in [2.24, 2.45) is 4.99 Å². The Bertz CT molecular complexity index is 1090. The molecular weight excluding hydrogens is 498 g/mol. The van der Waals surface area contributed by atoms with E-state index in [0.717, 1.165) is 15.6 Å². The highest BCUT2D eigenvalue weighted by molar-refractivity contribution is 9.11. The smallest absolute Gasteiger partial charge is 0.363 e. The van der Waals surface area contributed by atoms with Gasteiger partial charge in [0.05, 0.1) is 10.4 Å². The molecule has 0 aromatic heterocycles. The predicted octanol–water partition coefficient (Wildman–Crippen LogP) is 6.05. The molecule has 0 unspecified atom stereocenters. The number of carbonyl (C=O) groups is 1. The lowest BCUT2D eigenvalue weighted by Gasteiger charge is -2.16. The van der Waals surface area contributed by atoms with Crippen LogP contribution in [-0.4, -0.2) is 17.0 Å². The maximum atomic E-state index is 12.5. The largest absolute Gasteiger partial charge is 0.506 e. The van der Waals surface area contributed by atoms with Crippen molar-refractivity contribution in [3.63, 3.8) is 0 Å². The second kappa shape index (κ2) is 8.35. The number of hydrogen-bond acceptors (Lipinski definition) is 4. The van der Waals surface area contributed by atoms with Crippen LogP contribution in [0.4, 0.5) is 0 Å². The highest BCUT2D eigenvalue weighted by atomic mass is 79.9. The standard InChI is InChI=1S/C23H15Br2NO3/c24-17-11-16(21(27)18(25)13-17)12-19-23(28)29-22(26-19)20(14-7-3-1-4-8-14)15-9-5-2-6-10-15/h1-13,20,27H/b19-12-. The van der Waals surface area contributed by atoms with Crippen molar-refractivity contribution in [2.75, 3.05) is 0 Å². The number of cyclic esters (lactones) is 1. The molecule has 0 aliphatic carbocycles. The molecule has 144 valence electrons. The Morgan fingerprint density at radius 3 is 2.10 bits per heavy atom. The van der Waals surface area contributed by atoms with E-state index >= 15 is 0 Å². The first kappa shape index (κ1) is 19.6. The van der Waals surface area contributed by atoms with Crippen LogP contribution in [-0.2, 0) is 9.53 Å². The Balaban J connectivity index is 1.79. The summed E-state index contributed by atoms with van der Waals surface area (Å²) in [5, 5.41) is 10.3. The average molecular weight is 513 g/mol. The van der Waals surface area contributed by atoms with Gasteiger partial charge in [-0.1, -0.05) is 76.6 Å². The van der Waals surface area contributed by atoms with E-state index < -0.39 is 5.97 Å². The molecule has 0 amide bonds. The number of halogens is 2. The molecule has 0 bridgehead atoms. The van der Waals surface area contributed by atoms with E-state index in [1.54, 1.807) is 12.1 Å². The first-order valence-electron chi connectivity index (χ1n) is 8.83. The average Bonchev–Trinajstić information content (AvgIpc) is 3.07. The van der Waals surface area contributed by atoms with E-state index in [1.165, 1.54) is 6.08 Å². The highest BCUT2D eigenvalue weighted by Gasteiger charge is 2.31. The van der Waals surface area contributed by atoms with Gasteiger partial charge in [0.25, 0.3) is 0 Å². The first-order chi connectivity index (χ1) is 14.0. The van der Waals surface area contributed by atoms with E-state index in [1.807, 2.05) is 60.7 Å². The van der Waals surface area contributed by atoms with Gasteiger partial charge < -0.3 is 9.84 Å². The Labute approximate surface area is 184 Å². The van der Waals surface area contributed by atoms with E-state index in [9.17, 15) is 9.90 Å². The van der Waals surface area contributed by atoms with Gasteiger partial charge in [-0.25, -0.2) is 9.79 Å². The highest BCUT2D eigenvalue weighted by Crippen LogP contribution is 2.35. The number of ether oxygens (including phenoxy) is 1. The van der Waals surface area contributed by atoms with Crippen LogP contribution < -0.4 is 0 Å². The normalized spacial score (nSPS) is 14.9. The minimum Gasteiger partial charge on any atom is -0.506 e. The molecule has 1 aliphatic rings. The summed E-state index contributed by atoms with van der Waals surface area (Å²) in [7, 11) is 0. The second-order valence-electron chi connectivity index (χ2n) is 6.45. The molecule has 1 N–H and O–H groups in total. The van der Waals surface area contributed by atoms with Crippen LogP contribution in [0.25, 0.3) is 6.08 Å². The van der Waals surface area contributed by atoms with Gasteiger partial charge in [-0.3, -0.25) is 0 Å². The SMILES string of the molecule is O=C1OC(C(c2ccccc2)c2ccccc2)=N/C1=C\c1cc(Br)cc(Br)c1O. The Morgan fingerprint density at radius 1 is 0.931 bits per heavy atom. The van der Waals surface area contributed by atoms with E-state index in [4.69, 9.17) is 4.74 Å². The van der Waals surface area contributed by atoms with Gasteiger partial charge >= 0.3 is 5.97 Å². The summed E-state index contributed by atoms with van der Waals surface area (Å²) in [4.78, 5) is 17.0. The zero-order chi connectivity index (χ0) is 20.4. The Kier molecular flexibility index (Phi) is 5.65. The molecule has 3 aromatic carbocycles. The fourth-order valence-electron chi connectivity index (χ4n) is 3.16. The first-order valence-corrected chi connectivity index (χ1v) is 10.4. The van der Waals surface area contributed by atoms with Crippen molar-refractivity contribution in [3.05, 3.63) is 104 Å². The molecule has 0 saturated carbocycles. The lowest BCUT2D eigenvalue weighted by molar-refractivity contribution is -0.130. The minimum atomic E-state index is -0.549. The molecule has 3 aromatic rings. The van der Waals surface area contributed by atoms with Crippen molar-refractivity contribution >= 4 is 49.8 Å². The molecule has 0 atom stereocenters. The number of phenolic OH excluding ortho intramolecular Hbond substituents is 1. The van der Waals surface area contributed by atoms with Crippen LogP contribution in [0.3, 0.4) is 0 Å². The van der Waals surface area contributed by atoms with Gasteiger partial charge in [0.2, 0.25) is 5.90 Å². The summed E-state index contributed by atoms with van der Waals surface area (Å²) in [6.07, 6.45) is 1.52. The van der Waals surface area contributed by atoms with Crippen LogP contribution in [0.5, 0.6) is 5.75 Å². The quantitative estimate of drug-likeness (QED) is 0.342. The second-order valence-corrected chi connectivity index (χ2v) is 8.22. The fourth-order valence-corrected chi connectivity index (χ4v) is 4.42. The van der Waals surface area contributed by atoms with E-state index in [2.05, 4.69) is 36.9 Å². The van der Waals surface area contributed by atoms with Crippen LogP contribution in [0.2, 0.25) is 0 Å². The number of aromatic hydroxyl groups is 1. The number of aliphatic imine (C=N–C) groups is 1. The number of nitrogens with zero attached hydrogens (tertiary/aromatic N) is 1. The van der Waals surface area contributed by atoms with Crippen molar-refractivity contribution in [1.29, 1.82) is 0 Å². The lowest BCUT2D eigenvalue weighted by Crippen LogP contribution is -2.16.